The van der Waals surface area contributed by atoms with Crippen LogP contribution in [0.25, 0.3) is 0 Å². The van der Waals surface area contributed by atoms with E-state index in [2.05, 4.69) is 48.5 Å². The van der Waals surface area contributed by atoms with Crippen molar-refractivity contribution >= 4 is 35.0 Å². The predicted molar refractivity (Wildman–Crippen MR) is 207 cm³/mol. The molecule has 1 aromatic carbocycles. The number of hydrogen-bond donors (Lipinski definition) is 2. The number of ether oxygens (including phenoxy) is 1. The van der Waals surface area contributed by atoms with Crippen LogP contribution < -0.4 is 0 Å². The molecule has 7 heteroatoms. The Hall–Kier alpha value is -2.47. The zero-order chi connectivity index (χ0) is 38.2. The fraction of sp³-hybridized carbons (Fsp3) is 0.733. The number of ketones is 1. The molecule has 6 nitrogen and oxygen atoms in total. The Morgan fingerprint density at radius 1 is 0.962 bits per heavy atom. The van der Waals surface area contributed by atoms with Gasteiger partial charge in [0, 0.05) is 29.0 Å². The van der Waals surface area contributed by atoms with Gasteiger partial charge < -0.3 is 15.3 Å². The Kier molecular flexibility index (Phi) is 10.1. The molecule has 0 spiro atoms. The molecule has 286 valence electrons. The number of carbonyl (C=O) groups excluding carboxylic acids is 2. The smallest absolute Gasteiger partial charge is 0.309 e. The van der Waals surface area contributed by atoms with Crippen LogP contribution in [0.2, 0.25) is 5.02 Å². The van der Waals surface area contributed by atoms with Crippen LogP contribution in [-0.2, 0) is 25.5 Å². The first-order valence-electron chi connectivity index (χ1n) is 20.1. The molecule has 0 heterocycles. The van der Waals surface area contributed by atoms with E-state index in [0.29, 0.717) is 53.5 Å². The van der Waals surface area contributed by atoms with Gasteiger partial charge in [-0.3, -0.25) is 14.4 Å². The van der Waals surface area contributed by atoms with Gasteiger partial charge in [-0.15, -0.1) is 0 Å². The minimum Gasteiger partial charge on any atom is -0.481 e. The number of hydrogen-bond acceptors (Lipinski definition) is 5. The Morgan fingerprint density at radius 3 is 2.31 bits per heavy atom. The van der Waals surface area contributed by atoms with Gasteiger partial charge in [0.1, 0.15) is 6.10 Å². The number of nitrogens with one attached hydrogen (secondary N) is 1. The Labute approximate surface area is 317 Å². The number of benzene rings is 1. The van der Waals surface area contributed by atoms with Gasteiger partial charge in [0.05, 0.1) is 11.8 Å². The Morgan fingerprint density at radius 2 is 1.65 bits per heavy atom. The van der Waals surface area contributed by atoms with Crippen LogP contribution in [-0.4, -0.2) is 34.6 Å². The third-order valence-electron chi connectivity index (χ3n) is 16.2. The summed E-state index contributed by atoms with van der Waals surface area (Å²) in [5.74, 6) is 0.423. The summed E-state index contributed by atoms with van der Waals surface area (Å²) in [6, 6.07) is 7.83. The third kappa shape index (κ3) is 6.13. The molecule has 0 aromatic heterocycles. The summed E-state index contributed by atoms with van der Waals surface area (Å²) in [6.07, 6.45) is 10.7. The van der Waals surface area contributed by atoms with E-state index in [1.165, 1.54) is 5.57 Å². The fourth-order valence-corrected chi connectivity index (χ4v) is 13.4. The topological polar surface area (TPSA) is 105 Å². The molecule has 0 saturated heterocycles. The number of carbonyl (C=O) groups is 3. The van der Waals surface area contributed by atoms with Crippen LogP contribution in [0, 0.1) is 61.6 Å². The molecule has 5 aliphatic rings. The van der Waals surface area contributed by atoms with Crippen LogP contribution in [0.5, 0.6) is 0 Å². The van der Waals surface area contributed by atoms with Crippen molar-refractivity contribution in [3.63, 3.8) is 0 Å². The van der Waals surface area contributed by atoms with Gasteiger partial charge in [-0.25, -0.2) is 0 Å². The van der Waals surface area contributed by atoms with Gasteiger partial charge in [0.25, 0.3) is 0 Å². The van der Waals surface area contributed by atoms with Gasteiger partial charge in [-0.2, -0.15) is 0 Å². The number of carboxylic acid groups (broad SMARTS) is 1. The minimum atomic E-state index is -1.16. The first kappa shape index (κ1) is 39.2. The van der Waals surface area contributed by atoms with E-state index in [4.69, 9.17) is 21.7 Å². The summed E-state index contributed by atoms with van der Waals surface area (Å²) in [4.78, 5) is 38.9. The van der Waals surface area contributed by atoms with Crippen LogP contribution in [0.15, 0.2) is 35.4 Å². The van der Waals surface area contributed by atoms with Gasteiger partial charge in [0.2, 0.25) is 0 Å². The maximum absolute atomic E-state index is 14.0. The summed E-state index contributed by atoms with van der Waals surface area (Å²) < 4.78 is 6.17. The Bertz CT molecular complexity index is 1670. The normalized spacial score (nSPS) is 36.8. The van der Waals surface area contributed by atoms with E-state index in [0.717, 1.165) is 68.9 Å². The zero-order valence-corrected chi connectivity index (χ0v) is 34.1. The first-order chi connectivity index (χ1) is 24.1. The maximum Gasteiger partial charge on any atom is 0.309 e. The lowest BCUT2D eigenvalue weighted by atomic mass is 9.33. The molecule has 52 heavy (non-hydrogen) atoms. The highest BCUT2D eigenvalue weighted by molar-refractivity contribution is 6.31. The molecule has 0 aliphatic heterocycles. The fourth-order valence-electron chi connectivity index (χ4n) is 13.2. The molecule has 0 unspecified atom stereocenters. The average molecular weight is 734 g/mol. The minimum absolute atomic E-state index is 0.0639. The molecular formula is C45H64ClNO5. The number of halogens is 1. The van der Waals surface area contributed by atoms with Crippen LogP contribution in [0.1, 0.15) is 145 Å². The summed E-state index contributed by atoms with van der Waals surface area (Å²) in [6.45, 7) is 19.9. The monoisotopic (exact) mass is 733 g/mol. The van der Waals surface area contributed by atoms with Gasteiger partial charge >= 0.3 is 11.9 Å². The van der Waals surface area contributed by atoms with Crippen molar-refractivity contribution in [2.45, 2.75) is 152 Å². The molecule has 4 saturated carbocycles. The first-order valence-corrected chi connectivity index (χ1v) is 20.5. The van der Waals surface area contributed by atoms with Crippen LogP contribution >= 0.6 is 11.6 Å². The quantitative estimate of drug-likeness (QED) is 0.184. The molecule has 0 radical (unpaired) electrons. The van der Waals surface area contributed by atoms with Gasteiger partial charge in [0.15, 0.2) is 5.78 Å². The number of aliphatic carboxylic acids is 1. The largest absolute Gasteiger partial charge is 0.481 e. The van der Waals surface area contributed by atoms with Crippen LogP contribution in [0.3, 0.4) is 0 Å². The lowest BCUT2D eigenvalue weighted by molar-refractivity contribution is -0.233. The van der Waals surface area contributed by atoms with Crippen molar-refractivity contribution in [3.8, 4) is 0 Å². The van der Waals surface area contributed by atoms with E-state index in [9.17, 15) is 19.5 Å². The van der Waals surface area contributed by atoms with E-state index in [1.807, 2.05) is 24.3 Å². The number of Topliss-reactive ketones (excluding diaryl/α,β-unsaturated/α-hetero) is 1. The lowest BCUT2D eigenvalue weighted by Crippen LogP contribution is -2.65. The predicted octanol–water partition coefficient (Wildman–Crippen LogP) is 11.1. The summed E-state index contributed by atoms with van der Waals surface area (Å²) in [5.41, 5.74) is 2.99. The number of carboxylic acids is 1. The van der Waals surface area contributed by atoms with E-state index in [1.54, 1.807) is 13.8 Å². The molecule has 5 aliphatic carbocycles. The standard InChI is InChI=1S/C45H64ClNO5/c1-27(2)37-32(48)25-45(21-16-29(47)24-28-12-10-11-13-31(28)46)23-22-43(8)30(38(37)45)14-15-34-42(7)19-18-35(52-36(49)26-40(3,4)39(50)51)41(5,6)33(42)17-20-44(34,43)9/h10-13,27,30,33-35,47H,14-26H2,1-9H3,(H,50,51)/t30-,33+,34-,35+,42+,43-,44-,45+/m1/s1. The van der Waals surface area contributed by atoms with E-state index >= 15 is 0 Å². The highest BCUT2D eigenvalue weighted by Gasteiger charge is 2.70. The third-order valence-corrected chi connectivity index (χ3v) is 16.6. The molecule has 0 bridgehead atoms. The number of esters is 1. The highest BCUT2D eigenvalue weighted by Crippen LogP contribution is 2.77. The van der Waals surface area contributed by atoms with Gasteiger partial charge in [-0.05, 0) is 141 Å². The molecule has 6 rings (SSSR count). The van der Waals surface area contributed by atoms with Crippen molar-refractivity contribution in [2.24, 2.45) is 56.2 Å². The average Bonchev–Trinajstić information content (AvgIpc) is 3.35. The summed E-state index contributed by atoms with van der Waals surface area (Å²) in [5, 5.41) is 19.3. The Balaban J connectivity index is 1.26. The second-order valence-corrected chi connectivity index (χ2v) is 20.5. The molecule has 8 atom stereocenters. The van der Waals surface area contributed by atoms with E-state index < -0.39 is 17.4 Å². The number of allylic oxidation sites excluding steroid dienone is 2. The summed E-state index contributed by atoms with van der Waals surface area (Å²) >= 11 is 6.48. The van der Waals surface area contributed by atoms with Crippen LogP contribution in [0.4, 0.5) is 0 Å². The summed E-state index contributed by atoms with van der Waals surface area (Å²) in [7, 11) is 0. The van der Waals surface area contributed by atoms with Crippen molar-refractivity contribution < 1.29 is 24.2 Å². The molecule has 0 amide bonds. The van der Waals surface area contributed by atoms with Crippen molar-refractivity contribution in [1.82, 2.24) is 0 Å². The second kappa shape index (κ2) is 13.4. The SMILES string of the molecule is CC(C)C1=C2[C@H]3CC[C@@H]4[C@@]5(C)CC[C@H](OC(=O)CC(C)(C)C(=O)O)C(C)(C)[C@@H]5CC[C@@]4(C)[C@]3(C)CC[C@@]2(CCC(=N)Cc2ccccc2Cl)CC1=O. The van der Waals surface area contributed by atoms with Gasteiger partial charge in [-0.1, -0.05) is 83.8 Å². The lowest BCUT2D eigenvalue weighted by Gasteiger charge is -2.72. The molecule has 1 aromatic rings. The van der Waals surface area contributed by atoms with Crippen molar-refractivity contribution in [2.75, 3.05) is 0 Å². The molecule has 4 fully saturated rings. The highest BCUT2D eigenvalue weighted by atomic mass is 35.5. The number of fused-ring (bicyclic) bond motifs is 7. The molecular weight excluding hydrogens is 670 g/mol. The van der Waals surface area contributed by atoms with Crippen molar-refractivity contribution in [1.29, 1.82) is 5.41 Å². The molecule has 2 N–H and O–H groups in total. The van der Waals surface area contributed by atoms with E-state index in [-0.39, 0.29) is 45.5 Å². The maximum atomic E-state index is 14.0. The zero-order valence-electron chi connectivity index (χ0n) is 33.3. The van der Waals surface area contributed by atoms with Crippen molar-refractivity contribution in [3.05, 3.63) is 46.0 Å². The second-order valence-electron chi connectivity index (χ2n) is 20.1. The number of rotatable bonds is 10.